The molecular formula is C15H22N2. The molecule has 2 heteroatoms. The lowest BCUT2D eigenvalue weighted by Gasteiger charge is -2.22. The lowest BCUT2D eigenvalue weighted by Crippen LogP contribution is -2.28. The van der Waals surface area contributed by atoms with Gasteiger partial charge in [-0.3, -0.25) is 0 Å². The third kappa shape index (κ3) is 2.89. The highest BCUT2D eigenvalue weighted by Gasteiger charge is 2.14. The summed E-state index contributed by atoms with van der Waals surface area (Å²) in [5, 5.41) is 4.88. The molecule has 17 heavy (non-hydrogen) atoms. The summed E-state index contributed by atoms with van der Waals surface area (Å²) in [5.41, 5.74) is 2.96. The molecule has 0 aliphatic rings. The molecule has 0 atom stereocenters. The summed E-state index contributed by atoms with van der Waals surface area (Å²) in [6.45, 7) is 8.84. The van der Waals surface area contributed by atoms with Gasteiger partial charge in [-0.25, -0.2) is 0 Å². The zero-order chi connectivity index (χ0) is 12.3. The van der Waals surface area contributed by atoms with Gasteiger partial charge in [0.15, 0.2) is 0 Å². The van der Waals surface area contributed by atoms with Gasteiger partial charge >= 0.3 is 0 Å². The summed E-state index contributed by atoms with van der Waals surface area (Å²) in [6, 6.07) is 8.45. The van der Waals surface area contributed by atoms with Crippen LogP contribution in [0, 0.1) is 5.41 Å². The van der Waals surface area contributed by atoms with Crippen LogP contribution in [0.15, 0.2) is 30.5 Å². The van der Waals surface area contributed by atoms with Crippen molar-refractivity contribution in [3.05, 3.63) is 36.0 Å². The first-order chi connectivity index (χ1) is 8.12. The SMILES string of the molecule is CCC(C)(C)CNCc1c[nH]c2ccccc12. The van der Waals surface area contributed by atoms with Gasteiger partial charge in [-0.2, -0.15) is 0 Å². The first-order valence-corrected chi connectivity index (χ1v) is 6.38. The molecule has 0 radical (unpaired) electrons. The second-order valence-electron chi connectivity index (χ2n) is 5.48. The maximum atomic E-state index is 3.55. The van der Waals surface area contributed by atoms with E-state index >= 15 is 0 Å². The number of nitrogens with one attached hydrogen (secondary N) is 2. The van der Waals surface area contributed by atoms with Crippen molar-refractivity contribution in [2.45, 2.75) is 33.7 Å². The number of fused-ring (bicyclic) bond motifs is 1. The Balaban J connectivity index is 2.00. The minimum Gasteiger partial charge on any atom is -0.361 e. The fourth-order valence-electron chi connectivity index (χ4n) is 1.94. The molecule has 0 aliphatic heterocycles. The van der Waals surface area contributed by atoms with Gasteiger partial charge < -0.3 is 10.3 Å². The van der Waals surface area contributed by atoms with E-state index < -0.39 is 0 Å². The van der Waals surface area contributed by atoms with E-state index in [2.05, 4.69) is 61.5 Å². The molecule has 2 rings (SSSR count). The Bertz CT molecular complexity index is 482. The van der Waals surface area contributed by atoms with Crippen molar-refractivity contribution in [3.8, 4) is 0 Å². The van der Waals surface area contributed by atoms with Crippen LogP contribution in [0.4, 0.5) is 0 Å². The van der Waals surface area contributed by atoms with E-state index in [1.165, 1.54) is 22.9 Å². The molecule has 0 aliphatic carbocycles. The van der Waals surface area contributed by atoms with E-state index in [9.17, 15) is 0 Å². The van der Waals surface area contributed by atoms with Crippen LogP contribution in [0.5, 0.6) is 0 Å². The minimum atomic E-state index is 0.381. The van der Waals surface area contributed by atoms with E-state index in [-0.39, 0.29) is 0 Å². The Morgan fingerprint density at radius 3 is 2.76 bits per heavy atom. The van der Waals surface area contributed by atoms with Gasteiger partial charge in [-0.05, 0) is 23.5 Å². The smallest absolute Gasteiger partial charge is 0.0457 e. The predicted molar refractivity (Wildman–Crippen MR) is 74.1 cm³/mol. The maximum Gasteiger partial charge on any atom is 0.0457 e. The number of aromatic nitrogens is 1. The average Bonchev–Trinajstić information content (AvgIpc) is 2.73. The molecule has 92 valence electrons. The Kier molecular flexibility index (Phi) is 3.53. The molecule has 0 unspecified atom stereocenters. The number of para-hydroxylation sites is 1. The zero-order valence-electron chi connectivity index (χ0n) is 11.0. The van der Waals surface area contributed by atoms with Crippen molar-refractivity contribution >= 4 is 10.9 Å². The Morgan fingerprint density at radius 2 is 2.00 bits per heavy atom. The summed E-state index contributed by atoms with van der Waals surface area (Å²) >= 11 is 0. The van der Waals surface area contributed by atoms with Crippen LogP contribution in [-0.4, -0.2) is 11.5 Å². The molecule has 2 nitrogen and oxygen atoms in total. The summed E-state index contributed by atoms with van der Waals surface area (Å²) in [7, 11) is 0. The lowest BCUT2D eigenvalue weighted by molar-refractivity contribution is 0.328. The number of H-pyrrole nitrogens is 1. The van der Waals surface area contributed by atoms with Crippen LogP contribution in [0.25, 0.3) is 10.9 Å². The van der Waals surface area contributed by atoms with Gasteiger partial charge in [0, 0.05) is 30.2 Å². The second kappa shape index (κ2) is 4.92. The van der Waals surface area contributed by atoms with Crippen molar-refractivity contribution < 1.29 is 0 Å². The summed E-state index contributed by atoms with van der Waals surface area (Å²) in [5.74, 6) is 0. The van der Waals surface area contributed by atoms with Crippen molar-refractivity contribution in [2.24, 2.45) is 5.41 Å². The molecule has 1 heterocycles. The molecule has 0 fully saturated rings. The molecule has 1 aromatic heterocycles. The first kappa shape index (κ1) is 12.2. The van der Waals surface area contributed by atoms with Gasteiger partial charge in [0.25, 0.3) is 0 Å². The quantitative estimate of drug-likeness (QED) is 0.805. The average molecular weight is 230 g/mol. The third-order valence-corrected chi connectivity index (χ3v) is 3.55. The minimum absolute atomic E-state index is 0.381. The topological polar surface area (TPSA) is 27.8 Å². The molecule has 0 amide bonds. The number of hydrogen-bond acceptors (Lipinski definition) is 1. The summed E-state index contributed by atoms with van der Waals surface area (Å²) < 4.78 is 0. The summed E-state index contributed by atoms with van der Waals surface area (Å²) in [4.78, 5) is 3.31. The van der Waals surface area contributed by atoms with Crippen molar-refractivity contribution in [1.82, 2.24) is 10.3 Å². The molecule has 0 saturated carbocycles. The van der Waals surface area contributed by atoms with Gasteiger partial charge in [-0.15, -0.1) is 0 Å². The van der Waals surface area contributed by atoms with Crippen LogP contribution >= 0.6 is 0 Å². The third-order valence-electron chi connectivity index (χ3n) is 3.55. The van der Waals surface area contributed by atoms with E-state index in [0.717, 1.165) is 13.1 Å². The first-order valence-electron chi connectivity index (χ1n) is 6.38. The van der Waals surface area contributed by atoms with Crippen LogP contribution in [-0.2, 0) is 6.54 Å². The number of benzene rings is 1. The number of hydrogen-bond donors (Lipinski definition) is 2. The van der Waals surface area contributed by atoms with Crippen LogP contribution < -0.4 is 5.32 Å². The predicted octanol–water partition coefficient (Wildman–Crippen LogP) is 3.69. The zero-order valence-corrected chi connectivity index (χ0v) is 11.0. The van der Waals surface area contributed by atoms with E-state index in [0.29, 0.717) is 5.41 Å². The standard InChI is InChI=1S/C15H22N2/c1-4-15(2,3)11-16-9-12-10-17-14-8-6-5-7-13(12)14/h5-8,10,16-17H,4,9,11H2,1-3H3. The number of rotatable bonds is 5. The van der Waals surface area contributed by atoms with Crippen molar-refractivity contribution in [3.63, 3.8) is 0 Å². The highest BCUT2D eigenvalue weighted by molar-refractivity contribution is 5.82. The van der Waals surface area contributed by atoms with Gasteiger partial charge in [0.05, 0.1) is 0 Å². The van der Waals surface area contributed by atoms with E-state index in [4.69, 9.17) is 0 Å². The van der Waals surface area contributed by atoms with Gasteiger partial charge in [-0.1, -0.05) is 39.0 Å². The monoisotopic (exact) mass is 230 g/mol. The highest BCUT2D eigenvalue weighted by Crippen LogP contribution is 2.20. The number of aromatic amines is 1. The summed E-state index contributed by atoms with van der Waals surface area (Å²) in [6.07, 6.45) is 3.31. The fraction of sp³-hybridized carbons (Fsp3) is 0.467. The van der Waals surface area contributed by atoms with E-state index in [1.807, 2.05) is 0 Å². The van der Waals surface area contributed by atoms with E-state index in [1.54, 1.807) is 0 Å². The Morgan fingerprint density at radius 1 is 1.24 bits per heavy atom. The second-order valence-corrected chi connectivity index (χ2v) is 5.48. The maximum absolute atomic E-state index is 3.55. The Hall–Kier alpha value is -1.28. The largest absolute Gasteiger partial charge is 0.361 e. The van der Waals surface area contributed by atoms with Gasteiger partial charge in [0.2, 0.25) is 0 Å². The van der Waals surface area contributed by atoms with Crippen LogP contribution in [0.1, 0.15) is 32.8 Å². The van der Waals surface area contributed by atoms with Crippen molar-refractivity contribution in [2.75, 3.05) is 6.54 Å². The lowest BCUT2D eigenvalue weighted by atomic mass is 9.90. The normalized spacial score (nSPS) is 12.2. The highest BCUT2D eigenvalue weighted by atomic mass is 14.9. The van der Waals surface area contributed by atoms with Crippen LogP contribution in [0.2, 0.25) is 0 Å². The Labute approximate surface area is 103 Å². The fourth-order valence-corrected chi connectivity index (χ4v) is 1.94. The molecule has 0 spiro atoms. The molecular weight excluding hydrogens is 208 g/mol. The molecule has 2 N–H and O–H groups in total. The van der Waals surface area contributed by atoms with Crippen molar-refractivity contribution in [1.29, 1.82) is 0 Å². The van der Waals surface area contributed by atoms with Gasteiger partial charge in [0.1, 0.15) is 0 Å². The molecule has 1 aromatic carbocycles. The molecule has 0 saturated heterocycles. The molecule has 2 aromatic rings. The molecule has 0 bridgehead atoms. The van der Waals surface area contributed by atoms with Crippen LogP contribution in [0.3, 0.4) is 0 Å².